The quantitative estimate of drug-likeness (QED) is 0.542. The summed E-state index contributed by atoms with van der Waals surface area (Å²) in [6, 6.07) is 2.56. The normalized spacial score (nSPS) is 9.89. The molecule has 6 heteroatoms. The highest BCUT2D eigenvalue weighted by Gasteiger charge is 2.10. The minimum Gasteiger partial charge on any atom is -0.478 e. The van der Waals surface area contributed by atoms with Gasteiger partial charge in [-0.05, 0) is 18.6 Å². The number of pyridine rings is 1. The minimum absolute atomic E-state index is 0.0300. The van der Waals surface area contributed by atoms with Gasteiger partial charge in [0.05, 0.1) is 18.8 Å². The van der Waals surface area contributed by atoms with Crippen LogP contribution in [0, 0.1) is 0 Å². The molecule has 1 rings (SSSR count). The SMILES string of the molecule is C=CCCOCCNC(=O)c1cc(C(=O)O)ccn1. The number of hydrogen-bond donors (Lipinski definition) is 2. The Labute approximate surface area is 111 Å². The molecule has 0 saturated heterocycles. The summed E-state index contributed by atoms with van der Waals surface area (Å²) in [4.78, 5) is 26.2. The molecule has 1 amide bonds. The molecule has 1 heterocycles. The number of nitrogens with zero attached hydrogens (tertiary/aromatic N) is 1. The van der Waals surface area contributed by atoms with Crippen LogP contribution in [0.4, 0.5) is 0 Å². The Morgan fingerprint density at radius 2 is 2.26 bits per heavy atom. The number of rotatable bonds is 8. The van der Waals surface area contributed by atoms with Crippen LogP contribution in [0.3, 0.4) is 0 Å². The average molecular weight is 264 g/mol. The largest absolute Gasteiger partial charge is 0.478 e. The first-order chi connectivity index (χ1) is 9.15. The molecule has 0 aromatic carbocycles. The van der Waals surface area contributed by atoms with Crippen LogP contribution < -0.4 is 5.32 Å². The number of amides is 1. The summed E-state index contributed by atoms with van der Waals surface area (Å²) in [5.74, 6) is -1.51. The number of carbonyl (C=O) groups is 2. The number of nitrogens with one attached hydrogen (secondary N) is 1. The highest BCUT2D eigenvalue weighted by atomic mass is 16.5. The summed E-state index contributed by atoms with van der Waals surface area (Å²) < 4.78 is 5.22. The molecule has 0 atom stereocenters. The van der Waals surface area contributed by atoms with Crippen LogP contribution >= 0.6 is 0 Å². The molecule has 0 radical (unpaired) electrons. The molecular formula is C13H16N2O4. The van der Waals surface area contributed by atoms with Gasteiger partial charge in [-0.1, -0.05) is 6.08 Å². The summed E-state index contributed by atoms with van der Waals surface area (Å²) >= 11 is 0. The number of carboxylic acids is 1. The van der Waals surface area contributed by atoms with Gasteiger partial charge in [0.25, 0.3) is 5.91 Å². The zero-order chi connectivity index (χ0) is 14.1. The maximum atomic E-state index is 11.7. The Morgan fingerprint density at radius 3 is 2.95 bits per heavy atom. The van der Waals surface area contributed by atoms with Gasteiger partial charge in [-0.25, -0.2) is 4.79 Å². The van der Waals surface area contributed by atoms with Crippen LogP contribution in [-0.4, -0.2) is 41.7 Å². The van der Waals surface area contributed by atoms with Crippen molar-refractivity contribution in [2.24, 2.45) is 0 Å². The number of aromatic carboxylic acids is 1. The van der Waals surface area contributed by atoms with E-state index in [-0.39, 0.29) is 11.3 Å². The standard InChI is InChI=1S/C13H16N2O4/c1-2-3-7-19-8-6-15-12(16)11-9-10(13(17)18)4-5-14-11/h2,4-5,9H,1,3,6-8H2,(H,15,16)(H,17,18). The first-order valence-corrected chi connectivity index (χ1v) is 5.81. The van der Waals surface area contributed by atoms with Crippen LogP contribution in [0.2, 0.25) is 0 Å². The number of ether oxygens (including phenoxy) is 1. The zero-order valence-electron chi connectivity index (χ0n) is 10.5. The lowest BCUT2D eigenvalue weighted by Crippen LogP contribution is -2.28. The van der Waals surface area contributed by atoms with Gasteiger partial charge in [0, 0.05) is 12.7 Å². The monoisotopic (exact) mass is 264 g/mol. The lowest BCUT2D eigenvalue weighted by atomic mass is 10.2. The third-order valence-electron chi connectivity index (χ3n) is 2.24. The van der Waals surface area contributed by atoms with Crippen molar-refractivity contribution in [2.45, 2.75) is 6.42 Å². The Balaban J connectivity index is 2.39. The second-order valence-corrected chi connectivity index (χ2v) is 3.68. The van der Waals surface area contributed by atoms with E-state index in [0.717, 1.165) is 6.42 Å². The van der Waals surface area contributed by atoms with Crippen LogP contribution in [0.15, 0.2) is 31.0 Å². The first kappa shape index (κ1) is 14.8. The van der Waals surface area contributed by atoms with Crippen molar-refractivity contribution in [3.8, 4) is 0 Å². The minimum atomic E-state index is -1.09. The predicted molar refractivity (Wildman–Crippen MR) is 69.2 cm³/mol. The summed E-state index contributed by atoms with van der Waals surface area (Å²) in [5.41, 5.74) is 0.105. The Kier molecular flexibility index (Phi) is 6.25. The summed E-state index contributed by atoms with van der Waals surface area (Å²) in [5, 5.41) is 11.4. The van der Waals surface area contributed by atoms with Gasteiger partial charge in [0.1, 0.15) is 5.69 Å². The first-order valence-electron chi connectivity index (χ1n) is 5.81. The smallest absolute Gasteiger partial charge is 0.335 e. The van der Waals surface area contributed by atoms with Crippen LogP contribution in [0.1, 0.15) is 27.3 Å². The van der Waals surface area contributed by atoms with E-state index in [9.17, 15) is 9.59 Å². The molecular weight excluding hydrogens is 248 g/mol. The molecule has 1 aromatic heterocycles. The maximum absolute atomic E-state index is 11.7. The van der Waals surface area contributed by atoms with Gasteiger partial charge in [-0.3, -0.25) is 9.78 Å². The van der Waals surface area contributed by atoms with Gasteiger partial charge in [-0.15, -0.1) is 6.58 Å². The molecule has 0 aliphatic heterocycles. The van der Waals surface area contributed by atoms with E-state index in [2.05, 4.69) is 16.9 Å². The molecule has 0 fully saturated rings. The van der Waals surface area contributed by atoms with Crippen molar-refractivity contribution in [1.29, 1.82) is 0 Å². The molecule has 0 spiro atoms. The lowest BCUT2D eigenvalue weighted by Gasteiger charge is -2.05. The van der Waals surface area contributed by atoms with Crippen molar-refractivity contribution in [2.75, 3.05) is 19.8 Å². The average Bonchev–Trinajstić information content (AvgIpc) is 2.42. The topological polar surface area (TPSA) is 88.5 Å². The van der Waals surface area contributed by atoms with Crippen LogP contribution in [-0.2, 0) is 4.74 Å². The van der Waals surface area contributed by atoms with E-state index in [1.54, 1.807) is 6.08 Å². The Hall–Kier alpha value is -2.21. The van der Waals surface area contributed by atoms with Gasteiger partial charge in [0.15, 0.2) is 0 Å². The van der Waals surface area contributed by atoms with Crippen molar-refractivity contribution in [3.63, 3.8) is 0 Å². The second kappa shape index (κ2) is 7.99. The number of hydrogen-bond acceptors (Lipinski definition) is 4. The fourth-order valence-corrected chi connectivity index (χ4v) is 1.28. The van der Waals surface area contributed by atoms with Crippen LogP contribution in [0.25, 0.3) is 0 Å². The Bertz CT molecular complexity index is 460. The highest BCUT2D eigenvalue weighted by molar-refractivity contribution is 5.95. The van der Waals surface area contributed by atoms with Crippen molar-refractivity contribution in [3.05, 3.63) is 42.2 Å². The summed E-state index contributed by atoms with van der Waals surface area (Å²) in [7, 11) is 0. The number of carboxylic acid groups (broad SMARTS) is 1. The van der Waals surface area contributed by atoms with E-state index in [1.165, 1.54) is 18.3 Å². The second-order valence-electron chi connectivity index (χ2n) is 3.68. The van der Waals surface area contributed by atoms with Gasteiger partial charge >= 0.3 is 5.97 Å². The molecule has 0 aliphatic rings. The summed E-state index contributed by atoms with van der Waals surface area (Å²) in [6.07, 6.45) is 3.80. The molecule has 0 aliphatic carbocycles. The van der Waals surface area contributed by atoms with Crippen LogP contribution in [0.5, 0.6) is 0 Å². The van der Waals surface area contributed by atoms with E-state index < -0.39 is 11.9 Å². The third kappa shape index (κ3) is 5.31. The van der Waals surface area contributed by atoms with E-state index >= 15 is 0 Å². The molecule has 0 bridgehead atoms. The van der Waals surface area contributed by atoms with Crippen molar-refractivity contribution < 1.29 is 19.4 Å². The zero-order valence-corrected chi connectivity index (χ0v) is 10.5. The molecule has 0 unspecified atom stereocenters. The number of carbonyl (C=O) groups excluding carboxylic acids is 1. The predicted octanol–water partition coefficient (Wildman–Crippen LogP) is 1.10. The highest BCUT2D eigenvalue weighted by Crippen LogP contribution is 2.01. The van der Waals surface area contributed by atoms with Crippen molar-refractivity contribution >= 4 is 11.9 Å². The summed E-state index contributed by atoms with van der Waals surface area (Å²) in [6.45, 7) is 4.85. The van der Waals surface area contributed by atoms with Gasteiger partial charge in [0.2, 0.25) is 0 Å². The molecule has 2 N–H and O–H groups in total. The molecule has 1 aromatic rings. The third-order valence-corrected chi connectivity index (χ3v) is 2.24. The van der Waals surface area contributed by atoms with E-state index in [0.29, 0.717) is 19.8 Å². The van der Waals surface area contributed by atoms with Gasteiger partial charge in [-0.2, -0.15) is 0 Å². The molecule has 102 valence electrons. The number of aromatic nitrogens is 1. The molecule has 6 nitrogen and oxygen atoms in total. The maximum Gasteiger partial charge on any atom is 0.335 e. The van der Waals surface area contributed by atoms with E-state index in [1.807, 2.05) is 0 Å². The molecule has 0 saturated carbocycles. The van der Waals surface area contributed by atoms with Crippen molar-refractivity contribution in [1.82, 2.24) is 10.3 Å². The van der Waals surface area contributed by atoms with E-state index in [4.69, 9.17) is 9.84 Å². The lowest BCUT2D eigenvalue weighted by molar-refractivity contribution is 0.0696. The fraction of sp³-hybridized carbons (Fsp3) is 0.308. The fourth-order valence-electron chi connectivity index (χ4n) is 1.28. The van der Waals surface area contributed by atoms with Gasteiger partial charge < -0.3 is 15.2 Å². The molecule has 19 heavy (non-hydrogen) atoms. The Morgan fingerprint density at radius 1 is 1.47 bits per heavy atom.